The van der Waals surface area contributed by atoms with Crippen LogP contribution in [0.1, 0.15) is 6.92 Å². The van der Waals surface area contributed by atoms with Crippen LogP contribution in [0.25, 0.3) is 5.69 Å². The lowest BCUT2D eigenvalue weighted by atomic mass is 10.3. The summed E-state index contributed by atoms with van der Waals surface area (Å²) in [4.78, 5) is 22.4. The number of hydrogen-bond acceptors (Lipinski definition) is 7. The Morgan fingerprint density at radius 1 is 1.36 bits per heavy atom. The van der Waals surface area contributed by atoms with Crippen molar-refractivity contribution in [1.29, 1.82) is 0 Å². The third kappa shape index (κ3) is 3.73. The molecule has 1 aromatic heterocycles. The fourth-order valence-corrected chi connectivity index (χ4v) is 2.38. The number of tetrazole rings is 1. The first-order chi connectivity index (χ1) is 10.5. The highest BCUT2D eigenvalue weighted by Gasteiger charge is 2.20. The number of amides is 3. The van der Waals surface area contributed by atoms with Gasteiger partial charge in [0.05, 0.1) is 18.0 Å². The predicted molar refractivity (Wildman–Crippen MR) is 78.8 cm³/mol. The molecule has 0 radical (unpaired) electrons. The fourth-order valence-electron chi connectivity index (χ4n) is 1.57. The van der Waals surface area contributed by atoms with E-state index in [0.717, 1.165) is 17.4 Å². The number of imide groups is 1. The minimum atomic E-state index is -0.896. The van der Waals surface area contributed by atoms with Crippen molar-refractivity contribution in [2.24, 2.45) is 5.73 Å². The number of nitrogens with zero attached hydrogens (tertiary/aromatic N) is 4. The summed E-state index contributed by atoms with van der Waals surface area (Å²) in [6, 6.07) is 6.22. The summed E-state index contributed by atoms with van der Waals surface area (Å²) in [5.41, 5.74) is 5.63. The summed E-state index contributed by atoms with van der Waals surface area (Å²) < 4.78 is 6.57. The van der Waals surface area contributed by atoms with Crippen LogP contribution in [-0.2, 0) is 4.79 Å². The van der Waals surface area contributed by atoms with Crippen LogP contribution in [0, 0.1) is 0 Å². The van der Waals surface area contributed by atoms with Crippen molar-refractivity contribution in [3.63, 3.8) is 0 Å². The van der Waals surface area contributed by atoms with Gasteiger partial charge < -0.3 is 10.5 Å². The van der Waals surface area contributed by atoms with E-state index in [1.165, 1.54) is 4.68 Å². The molecule has 0 fully saturated rings. The number of primary amides is 1. The number of methoxy groups -OCH3 is 1. The maximum absolute atomic E-state index is 11.7. The first-order valence-corrected chi connectivity index (χ1v) is 7.09. The first kappa shape index (κ1) is 15.8. The van der Waals surface area contributed by atoms with Crippen molar-refractivity contribution < 1.29 is 14.3 Å². The lowest BCUT2D eigenvalue weighted by molar-refractivity contribution is -0.119. The van der Waals surface area contributed by atoms with Gasteiger partial charge in [0.15, 0.2) is 0 Å². The Labute approximate surface area is 130 Å². The van der Waals surface area contributed by atoms with Gasteiger partial charge >= 0.3 is 6.03 Å². The summed E-state index contributed by atoms with van der Waals surface area (Å²) in [5, 5.41) is 13.2. The lowest BCUT2D eigenvalue weighted by Gasteiger charge is -2.10. The zero-order chi connectivity index (χ0) is 16.1. The van der Waals surface area contributed by atoms with Gasteiger partial charge in [0.2, 0.25) is 11.1 Å². The number of rotatable bonds is 5. The summed E-state index contributed by atoms with van der Waals surface area (Å²) >= 11 is 1.11. The molecule has 3 amide bonds. The van der Waals surface area contributed by atoms with Crippen LogP contribution in [0.2, 0.25) is 0 Å². The second kappa shape index (κ2) is 6.89. The lowest BCUT2D eigenvalue weighted by Crippen LogP contribution is -2.39. The number of ether oxygens (including phenoxy) is 1. The number of nitrogens with one attached hydrogen (secondary N) is 1. The molecule has 0 bridgehead atoms. The highest BCUT2D eigenvalue weighted by molar-refractivity contribution is 8.00. The number of benzene rings is 1. The molecule has 1 atom stereocenters. The Morgan fingerprint density at radius 3 is 2.64 bits per heavy atom. The van der Waals surface area contributed by atoms with Gasteiger partial charge in [-0.3, -0.25) is 10.1 Å². The van der Waals surface area contributed by atoms with E-state index in [2.05, 4.69) is 15.5 Å². The molecule has 0 aliphatic rings. The predicted octanol–water partition coefficient (Wildman–Crippen LogP) is 0.346. The number of carbonyl (C=O) groups is 2. The molecule has 0 saturated heterocycles. The summed E-state index contributed by atoms with van der Waals surface area (Å²) in [7, 11) is 1.58. The van der Waals surface area contributed by atoms with E-state index in [0.29, 0.717) is 10.9 Å². The number of aromatic nitrogens is 4. The molecule has 3 N–H and O–H groups in total. The van der Waals surface area contributed by atoms with Crippen LogP contribution in [0.3, 0.4) is 0 Å². The zero-order valence-corrected chi connectivity index (χ0v) is 12.7. The van der Waals surface area contributed by atoms with Gasteiger partial charge in [-0.15, -0.1) is 5.10 Å². The fraction of sp³-hybridized carbons (Fsp3) is 0.250. The molecule has 0 aliphatic heterocycles. The highest BCUT2D eigenvalue weighted by atomic mass is 32.2. The average molecular weight is 322 g/mol. The monoisotopic (exact) mass is 322 g/mol. The van der Waals surface area contributed by atoms with E-state index in [4.69, 9.17) is 10.5 Å². The minimum Gasteiger partial charge on any atom is -0.497 e. The Kier molecular flexibility index (Phi) is 4.94. The van der Waals surface area contributed by atoms with Crippen molar-refractivity contribution in [3.8, 4) is 11.4 Å². The number of hydrogen-bond donors (Lipinski definition) is 2. The van der Waals surface area contributed by atoms with Crippen molar-refractivity contribution in [3.05, 3.63) is 24.3 Å². The minimum absolute atomic E-state index is 0.414. The third-order valence-corrected chi connectivity index (χ3v) is 3.69. The van der Waals surface area contributed by atoms with E-state index in [-0.39, 0.29) is 0 Å². The van der Waals surface area contributed by atoms with Crippen molar-refractivity contribution in [1.82, 2.24) is 25.5 Å². The van der Waals surface area contributed by atoms with Crippen LogP contribution in [-0.4, -0.2) is 44.5 Å². The molecule has 116 valence electrons. The molecule has 2 rings (SSSR count). The van der Waals surface area contributed by atoms with Gasteiger partial charge in [-0.05, 0) is 41.6 Å². The molecule has 2 aromatic rings. The number of thioether (sulfide) groups is 1. The average Bonchev–Trinajstić information content (AvgIpc) is 2.94. The second-order valence-corrected chi connectivity index (χ2v) is 5.49. The Balaban J connectivity index is 2.15. The first-order valence-electron chi connectivity index (χ1n) is 6.21. The maximum Gasteiger partial charge on any atom is 0.318 e. The molecule has 10 heteroatoms. The van der Waals surface area contributed by atoms with E-state index < -0.39 is 17.2 Å². The smallest absolute Gasteiger partial charge is 0.318 e. The standard InChI is InChI=1S/C12H14N6O3S/c1-7(10(19)14-11(13)20)22-12-15-16-17-18(12)8-3-5-9(21-2)6-4-8/h3-7H,1-2H3,(H3,13,14,19,20)/t7-/m0/s1. The normalized spacial score (nSPS) is 11.7. The van der Waals surface area contributed by atoms with Gasteiger partial charge in [-0.25, -0.2) is 4.79 Å². The van der Waals surface area contributed by atoms with E-state index in [1.807, 2.05) is 5.32 Å². The van der Waals surface area contributed by atoms with Crippen LogP contribution < -0.4 is 15.8 Å². The number of nitrogens with two attached hydrogens (primary N) is 1. The largest absolute Gasteiger partial charge is 0.497 e. The molecule has 0 saturated carbocycles. The quantitative estimate of drug-likeness (QED) is 0.761. The molecule has 9 nitrogen and oxygen atoms in total. The molecule has 0 unspecified atom stereocenters. The zero-order valence-electron chi connectivity index (χ0n) is 11.9. The summed E-state index contributed by atoms with van der Waals surface area (Å²) in [5.74, 6) is 0.196. The number of urea groups is 1. The van der Waals surface area contributed by atoms with Crippen molar-refractivity contribution in [2.75, 3.05) is 7.11 Å². The van der Waals surface area contributed by atoms with Crippen LogP contribution in [0.5, 0.6) is 5.75 Å². The molecule has 1 aromatic carbocycles. The molecular formula is C12H14N6O3S. The summed E-state index contributed by atoms with van der Waals surface area (Å²) in [6.45, 7) is 1.62. The molecule has 0 aliphatic carbocycles. The SMILES string of the molecule is COc1ccc(-n2nnnc2S[C@@H](C)C(=O)NC(N)=O)cc1. The Hall–Kier alpha value is -2.62. The molecular weight excluding hydrogens is 308 g/mol. The Morgan fingerprint density at radius 2 is 2.05 bits per heavy atom. The topological polar surface area (TPSA) is 125 Å². The van der Waals surface area contributed by atoms with Gasteiger partial charge in [-0.2, -0.15) is 4.68 Å². The molecule has 1 heterocycles. The molecule has 0 spiro atoms. The van der Waals surface area contributed by atoms with E-state index in [1.54, 1.807) is 38.3 Å². The van der Waals surface area contributed by atoms with Gasteiger partial charge in [0.25, 0.3) is 0 Å². The van der Waals surface area contributed by atoms with Crippen molar-refractivity contribution in [2.45, 2.75) is 17.3 Å². The van der Waals surface area contributed by atoms with E-state index in [9.17, 15) is 9.59 Å². The second-order valence-electron chi connectivity index (χ2n) is 4.18. The van der Waals surface area contributed by atoms with E-state index >= 15 is 0 Å². The number of carbonyl (C=O) groups excluding carboxylic acids is 2. The molecule has 22 heavy (non-hydrogen) atoms. The van der Waals surface area contributed by atoms with Crippen LogP contribution in [0.4, 0.5) is 4.79 Å². The van der Waals surface area contributed by atoms with Gasteiger partial charge in [-0.1, -0.05) is 11.8 Å². The van der Waals surface area contributed by atoms with Crippen molar-refractivity contribution >= 4 is 23.7 Å². The maximum atomic E-state index is 11.7. The van der Waals surface area contributed by atoms with Crippen LogP contribution >= 0.6 is 11.8 Å². The summed E-state index contributed by atoms with van der Waals surface area (Å²) in [6.07, 6.45) is 0. The third-order valence-electron chi connectivity index (χ3n) is 2.66. The van der Waals surface area contributed by atoms with Gasteiger partial charge in [0, 0.05) is 0 Å². The highest BCUT2D eigenvalue weighted by Crippen LogP contribution is 2.23. The van der Waals surface area contributed by atoms with Gasteiger partial charge in [0.1, 0.15) is 5.75 Å². The van der Waals surface area contributed by atoms with Crippen LogP contribution in [0.15, 0.2) is 29.4 Å². The Bertz CT molecular complexity index is 672.